The van der Waals surface area contributed by atoms with Gasteiger partial charge in [0.05, 0.1) is 10.5 Å². The lowest BCUT2D eigenvalue weighted by Gasteiger charge is -2.42. The van der Waals surface area contributed by atoms with E-state index in [-0.39, 0.29) is 0 Å². The molecule has 0 aromatic carbocycles. The number of rotatable bonds is 0. The van der Waals surface area contributed by atoms with Gasteiger partial charge in [0.25, 0.3) is 0 Å². The van der Waals surface area contributed by atoms with Crippen LogP contribution in [0.3, 0.4) is 0 Å². The van der Waals surface area contributed by atoms with Crippen LogP contribution in [0.5, 0.6) is 0 Å². The van der Waals surface area contributed by atoms with E-state index in [1.54, 1.807) is 0 Å². The summed E-state index contributed by atoms with van der Waals surface area (Å²) in [4.78, 5) is 2.20. The van der Waals surface area contributed by atoms with Gasteiger partial charge in [-0.3, -0.25) is 0 Å². The van der Waals surface area contributed by atoms with E-state index in [0.717, 1.165) is 25.9 Å². The second-order valence-corrected chi connectivity index (χ2v) is 6.99. The Bertz CT molecular complexity index is 305. The number of hydrogen-bond acceptors (Lipinski definition) is 4. The van der Waals surface area contributed by atoms with Crippen LogP contribution in [-0.4, -0.2) is 57.0 Å². The SMILES string of the molecule is CN1CCC2(CC1)CNCCS2(=O)=O. The normalized spacial score (nSPS) is 31.8. The average molecular weight is 218 g/mol. The van der Waals surface area contributed by atoms with Crippen LogP contribution in [0.4, 0.5) is 0 Å². The van der Waals surface area contributed by atoms with E-state index >= 15 is 0 Å². The highest BCUT2D eigenvalue weighted by Crippen LogP contribution is 2.31. The zero-order chi connectivity index (χ0) is 10.2. The Hall–Kier alpha value is -0.130. The Morgan fingerprint density at radius 3 is 2.50 bits per heavy atom. The van der Waals surface area contributed by atoms with Crippen LogP contribution in [0.1, 0.15) is 12.8 Å². The lowest BCUT2D eigenvalue weighted by atomic mass is 9.95. The maximum atomic E-state index is 12.0. The van der Waals surface area contributed by atoms with E-state index < -0.39 is 14.6 Å². The first-order valence-corrected chi connectivity index (χ1v) is 6.83. The molecule has 0 unspecified atom stereocenters. The molecule has 2 saturated heterocycles. The third-order valence-corrected chi connectivity index (χ3v) is 6.17. The van der Waals surface area contributed by atoms with E-state index in [9.17, 15) is 8.42 Å². The third kappa shape index (κ3) is 1.57. The number of hydrogen-bond donors (Lipinski definition) is 1. The van der Waals surface area contributed by atoms with E-state index in [0.29, 0.717) is 18.8 Å². The summed E-state index contributed by atoms with van der Waals surface area (Å²) in [7, 11) is -0.807. The van der Waals surface area contributed by atoms with Crippen LogP contribution >= 0.6 is 0 Å². The molecule has 2 aliphatic heterocycles. The van der Waals surface area contributed by atoms with Crippen molar-refractivity contribution < 1.29 is 8.42 Å². The number of piperidine rings is 1. The van der Waals surface area contributed by atoms with Gasteiger partial charge in [-0.15, -0.1) is 0 Å². The predicted octanol–water partition coefficient (Wildman–Crippen LogP) is -0.531. The highest BCUT2D eigenvalue weighted by Gasteiger charge is 2.46. The van der Waals surface area contributed by atoms with Gasteiger partial charge in [0.1, 0.15) is 0 Å². The topological polar surface area (TPSA) is 49.4 Å². The molecule has 0 bridgehead atoms. The fraction of sp³-hybridized carbons (Fsp3) is 1.00. The summed E-state index contributed by atoms with van der Waals surface area (Å²) in [5.74, 6) is 0.316. The Kier molecular flexibility index (Phi) is 2.57. The molecule has 1 N–H and O–H groups in total. The minimum atomic E-state index is -2.86. The quantitative estimate of drug-likeness (QED) is 0.594. The zero-order valence-corrected chi connectivity index (χ0v) is 9.44. The Balaban J connectivity index is 2.21. The largest absolute Gasteiger partial charge is 0.314 e. The molecule has 0 aliphatic carbocycles. The molecule has 0 radical (unpaired) electrons. The molecule has 2 heterocycles. The van der Waals surface area contributed by atoms with Gasteiger partial charge < -0.3 is 10.2 Å². The lowest BCUT2D eigenvalue weighted by molar-refractivity contribution is 0.225. The summed E-state index contributed by atoms with van der Waals surface area (Å²) < 4.78 is 23.6. The Labute approximate surface area is 85.6 Å². The van der Waals surface area contributed by atoms with Gasteiger partial charge in [0.15, 0.2) is 9.84 Å². The van der Waals surface area contributed by atoms with Gasteiger partial charge >= 0.3 is 0 Å². The van der Waals surface area contributed by atoms with Crippen molar-refractivity contribution in [2.24, 2.45) is 0 Å². The van der Waals surface area contributed by atoms with Crippen molar-refractivity contribution in [3.63, 3.8) is 0 Å². The van der Waals surface area contributed by atoms with Crippen LogP contribution in [0, 0.1) is 0 Å². The number of sulfone groups is 1. The molecule has 0 aromatic rings. The first-order valence-electron chi connectivity index (χ1n) is 5.17. The standard InChI is InChI=1S/C9H18N2O2S/c1-11-5-2-9(3-6-11)8-10-4-7-14(9,12)13/h10H,2-8H2,1H3. The lowest BCUT2D eigenvalue weighted by Crippen LogP contribution is -2.59. The summed E-state index contributed by atoms with van der Waals surface area (Å²) >= 11 is 0. The maximum absolute atomic E-state index is 12.0. The minimum absolute atomic E-state index is 0.316. The second-order valence-electron chi connectivity index (χ2n) is 4.48. The van der Waals surface area contributed by atoms with Gasteiger partial charge in [0.2, 0.25) is 0 Å². The molecule has 0 aromatic heterocycles. The molecule has 4 nitrogen and oxygen atoms in total. The van der Waals surface area contributed by atoms with Crippen molar-refractivity contribution in [3.8, 4) is 0 Å². The minimum Gasteiger partial charge on any atom is -0.314 e. The maximum Gasteiger partial charge on any atom is 0.158 e. The Morgan fingerprint density at radius 2 is 1.93 bits per heavy atom. The highest BCUT2D eigenvalue weighted by molar-refractivity contribution is 7.92. The molecular formula is C9H18N2O2S. The molecule has 2 fully saturated rings. The molecule has 82 valence electrons. The van der Waals surface area contributed by atoms with Crippen molar-refractivity contribution in [3.05, 3.63) is 0 Å². The predicted molar refractivity (Wildman–Crippen MR) is 56.1 cm³/mol. The van der Waals surface area contributed by atoms with Crippen LogP contribution < -0.4 is 5.32 Å². The number of nitrogens with one attached hydrogen (secondary N) is 1. The van der Waals surface area contributed by atoms with Crippen LogP contribution in [0.15, 0.2) is 0 Å². The molecule has 2 rings (SSSR count). The van der Waals surface area contributed by atoms with Gasteiger partial charge in [-0.05, 0) is 33.0 Å². The van der Waals surface area contributed by atoms with Crippen molar-refractivity contribution in [1.29, 1.82) is 0 Å². The van der Waals surface area contributed by atoms with Gasteiger partial charge in [0, 0.05) is 13.1 Å². The Morgan fingerprint density at radius 1 is 1.29 bits per heavy atom. The number of likely N-dealkylation sites (tertiary alicyclic amines) is 1. The summed E-state index contributed by atoms with van der Waals surface area (Å²) in [5.41, 5.74) is 0. The molecule has 0 amide bonds. The molecule has 1 spiro atoms. The first-order chi connectivity index (χ1) is 6.56. The summed E-state index contributed by atoms with van der Waals surface area (Å²) in [6, 6.07) is 0. The molecule has 0 atom stereocenters. The van der Waals surface area contributed by atoms with Crippen molar-refractivity contribution in [2.75, 3.05) is 39.0 Å². The average Bonchev–Trinajstić information content (AvgIpc) is 2.14. The summed E-state index contributed by atoms with van der Waals surface area (Å²) in [6.45, 7) is 3.09. The fourth-order valence-electron chi connectivity index (χ4n) is 2.36. The molecule has 2 aliphatic rings. The van der Waals surface area contributed by atoms with Crippen LogP contribution in [0.2, 0.25) is 0 Å². The molecule has 14 heavy (non-hydrogen) atoms. The monoisotopic (exact) mass is 218 g/mol. The van der Waals surface area contributed by atoms with Crippen molar-refractivity contribution in [1.82, 2.24) is 10.2 Å². The van der Waals surface area contributed by atoms with Crippen LogP contribution in [0.25, 0.3) is 0 Å². The smallest absolute Gasteiger partial charge is 0.158 e. The zero-order valence-electron chi connectivity index (χ0n) is 8.62. The van der Waals surface area contributed by atoms with Gasteiger partial charge in [-0.1, -0.05) is 0 Å². The van der Waals surface area contributed by atoms with E-state index in [1.165, 1.54) is 0 Å². The van der Waals surface area contributed by atoms with Crippen LogP contribution in [-0.2, 0) is 9.84 Å². The molecule has 5 heteroatoms. The first kappa shape index (κ1) is 10.4. The van der Waals surface area contributed by atoms with Gasteiger partial charge in [-0.25, -0.2) is 8.42 Å². The van der Waals surface area contributed by atoms with Crippen molar-refractivity contribution in [2.45, 2.75) is 17.6 Å². The fourth-order valence-corrected chi connectivity index (χ4v) is 4.34. The second kappa shape index (κ2) is 3.47. The molecule has 0 saturated carbocycles. The number of nitrogens with zero attached hydrogens (tertiary/aromatic N) is 1. The van der Waals surface area contributed by atoms with Gasteiger partial charge in [-0.2, -0.15) is 0 Å². The van der Waals surface area contributed by atoms with Crippen molar-refractivity contribution >= 4 is 9.84 Å². The van der Waals surface area contributed by atoms with E-state index in [1.807, 2.05) is 0 Å². The summed E-state index contributed by atoms with van der Waals surface area (Å²) in [6.07, 6.45) is 1.58. The van der Waals surface area contributed by atoms with E-state index in [4.69, 9.17) is 0 Å². The highest BCUT2D eigenvalue weighted by atomic mass is 32.2. The summed E-state index contributed by atoms with van der Waals surface area (Å²) in [5, 5.41) is 3.22. The van der Waals surface area contributed by atoms with E-state index in [2.05, 4.69) is 17.3 Å². The third-order valence-electron chi connectivity index (χ3n) is 3.55. The molecular weight excluding hydrogens is 200 g/mol.